The zero-order valence-electron chi connectivity index (χ0n) is 9.90. The van der Waals surface area contributed by atoms with E-state index in [4.69, 9.17) is 0 Å². The molecule has 1 aliphatic heterocycles. The van der Waals surface area contributed by atoms with Gasteiger partial charge in [0.15, 0.2) is 0 Å². The van der Waals surface area contributed by atoms with Gasteiger partial charge in [-0.25, -0.2) is 4.79 Å². The maximum Gasteiger partial charge on any atom is 0.322 e. The first kappa shape index (κ1) is 12.1. The number of benzene rings is 1. The summed E-state index contributed by atoms with van der Waals surface area (Å²) in [7, 11) is 0. The normalized spacial score (nSPS) is 15.3. The van der Waals surface area contributed by atoms with Crippen LogP contribution in [0, 0.1) is 6.92 Å². The van der Waals surface area contributed by atoms with E-state index in [1.54, 1.807) is 12.1 Å². The number of hydrogen-bond donors (Lipinski definition) is 2. The minimum atomic E-state index is -0.467. The van der Waals surface area contributed by atoms with Crippen molar-refractivity contribution in [3.8, 4) is 0 Å². The molecule has 0 aromatic heterocycles. The number of rotatable bonds is 1. The summed E-state index contributed by atoms with van der Waals surface area (Å²) < 4.78 is 0. The van der Waals surface area contributed by atoms with Crippen LogP contribution in [0.1, 0.15) is 5.56 Å². The fraction of sp³-hybridized carbons (Fsp3) is 0.250. The molecule has 6 heteroatoms. The van der Waals surface area contributed by atoms with Crippen molar-refractivity contribution in [2.75, 3.05) is 18.4 Å². The highest BCUT2D eigenvalue weighted by Crippen LogP contribution is 2.10. The van der Waals surface area contributed by atoms with Gasteiger partial charge < -0.3 is 10.2 Å². The van der Waals surface area contributed by atoms with E-state index < -0.39 is 17.8 Å². The number of aryl methyl sites for hydroxylation is 1. The van der Waals surface area contributed by atoms with Gasteiger partial charge in [0.25, 0.3) is 0 Å². The van der Waals surface area contributed by atoms with Gasteiger partial charge in [-0.1, -0.05) is 17.7 Å². The molecule has 4 amide bonds. The molecule has 1 aliphatic rings. The highest BCUT2D eigenvalue weighted by molar-refractivity contribution is 6.04. The highest BCUT2D eigenvalue weighted by Gasteiger charge is 2.26. The molecule has 18 heavy (non-hydrogen) atoms. The van der Waals surface area contributed by atoms with E-state index >= 15 is 0 Å². The van der Waals surface area contributed by atoms with Crippen molar-refractivity contribution in [2.45, 2.75) is 6.92 Å². The van der Waals surface area contributed by atoms with E-state index in [-0.39, 0.29) is 13.1 Å². The highest BCUT2D eigenvalue weighted by atomic mass is 16.2. The van der Waals surface area contributed by atoms with E-state index in [1.807, 2.05) is 19.1 Å². The maximum atomic E-state index is 11.8. The summed E-state index contributed by atoms with van der Waals surface area (Å²) in [6.45, 7) is 1.73. The number of piperazine rings is 1. The number of nitrogens with one attached hydrogen (secondary N) is 2. The van der Waals surface area contributed by atoms with Gasteiger partial charge in [0, 0.05) is 5.69 Å². The monoisotopic (exact) mass is 247 g/mol. The smallest absolute Gasteiger partial charge is 0.308 e. The average Bonchev–Trinajstić information content (AvgIpc) is 2.31. The molecule has 1 heterocycles. The van der Waals surface area contributed by atoms with Crippen molar-refractivity contribution in [1.82, 2.24) is 10.2 Å². The number of amides is 4. The fourth-order valence-electron chi connectivity index (χ4n) is 1.62. The Bertz CT molecular complexity index is 480. The van der Waals surface area contributed by atoms with Gasteiger partial charge in [-0.05, 0) is 19.1 Å². The summed E-state index contributed by atoms with van der Waals surface area (Å²) in [5.74, 6) is -0.935. The third kappa shape index (κ3) is 2.85. The van der Waals surface area contributed by atoms with Crippen LogP contribution in [0.3, 0.4) is 0 Å². The van der Waals surface area contributed by atoms with Crippen molar-refractivity contribution < 1.29 is 14.4 Å². The lowest BCUT2D eigenvalue weighted by Gasteiger charge is -2.25. The number of carbonyl (C=O) groups is 3. The second-order valence-corrected chi connectivity index (χ2v) is 4.12. The van der Waals surface area contributed by atoms with Crippen LogP contribution >= 0.6 is 0 Å². The number of imide groups is 1. The molecular formula is C12H13N3O3. The molecular weight excluding hydrogens is 234 g/mol. The van der Waals surface area contributed by atoms with Crippen molar-refractivity contribution in [3.63, 3.8) is 0 Å². The van der Waals surface area contributed by atoms with Crippen molar-refractivity contribution in [1.29, 1.82) is 0 Å². The molecule has 0 bridgehead atoms. The Morgan fingerprint density at radius 3 is 2.28 bits per heavy atom. The van der Waals surface area contributed by atoms with Crippen LogP contribution in [0.25, 0.3) is 0 Å². The van der Waals surface area contributed by atoms with Gasteiger partial charge in [-0.2, -0.15) is 0 Å². The fourth-order valence-corrected chi connectivity index (χ4v) is 1.62. The van der Waals surface area contributed by atoms with Gasteiger partial charge in [-0.15, -0.1) is 0 Å². The van der Waals surface area contributed by atoms with E-state index in [0.29, 0.717) is 5.69 Å². The zero-order chi connectivity index (χ0) is 13.1. The summed E-state index contributed by atoms with van der Waals surface area (Å²) in [5, 5.41) is 4.77. The number of anilines is 1. The first-order valence-electron chi connectivity index (χ1n) is 5.50. The lowest BCUT2D eigenvalue weighted by molar-refractivity contribution is -0.134. The molecule has 1 aromatic carbocycles. The second-order valence-electron chi connectivity index (χ2n) is 4.12. The standard InChI is InChI=1S/C12H13N3O3/c1-8-2-4-9(5-3-8)13-12(18)15-6-10(16)14-11(17)7-15/h2-5H,6-7H2,1H3,(H,13,18)(H,14,16,17). The predicted molar refractivity (Wildman–Crippen MR) is 64.9 cm³/mol. The third-order valence-electron chi connectivity index (χ3n) is 2.54. The molecule has 1 saturated heterocycles. The van der Waals surface area contributed by atoms with Crippen LogP contribution in [-0.2, 0) is 9.59 Å². The number of nitrogens with zero attached hydrogens (tertiary/aromatic N) is 1. The molecule has 0 saturated carbocycles. The van der Waals surface area contributed by atoms with Crippen molar-refractivity contribution in [2.24, 2.45) is 0 Å². The first-order valence-corrected chi connectivity index (χ1v) is 5.50. The molecule has 2 N–H and O–H groups in total. The van der Waals surface area contributed by atoms with Gasteiger partial charge in [0.05, 0.1) is 0 Å². The predicted octanol–water partition coefficient (Wildman–Crippen LogP) is 0.485. The topological polar surface area (TPSA) is 78.5 Å². The molecule has 0 atom stereocenters. The first-order chi connectivity index (χ1) is 8.54. The number of urea groups is 1. The second kappa shape index (κ2) is 4.87. The molecule has 2 rings (SSSR count). The van der Waals surface area contributed by atoms with E-state index in [9.17, 15) is 14.4 Å². The van der Waals surface area contributed by atoms with E-state index in [2.05, 4.69) is 10.6 Å². The van der Waals surface area contributed by atoms with Gasteiger partial charge in [0.1, 0.15) is 13.1 Å². The summed E-state index contributed by atoms with van der Waals surface area (Å²) in [5.41, 5.74) is 1.71. The van der Waals surface area contributed by atoms with E-state index in [1.165, 1.54) is 4.90 Å². The Labute approximate surface area is 104 Å². The number of hydrogen-bond acceptors (Lipinski definition) is 3. The van der Waals surface area contributed by atoms with Crippen molar-refractivity contribution >= 4 is 23.5 Å². The van der Waals surface area contributed by atoms with Gasteiger partial charge >= 0.3 is 6.03 Å². The maximum absolute atomic E-state index is 11.8. The average molecular weight is 247 g/mol. The molecule has 6 nitrogen and oxygen atoms in total. The van der Waals surface area contributed by atoms with Crippen LogP contribution in [0.2, 0.25) is 0 Å². The minimum absolute atomic E-state index is 0.108. The SMILES string of the molecule is Cc1ccc(NC(=O)N2CC(=O)NC(=O)C2)cc1. The Balaban J connectivity index is 2.01. The lowest BCUT2D eigenvalue weighted by atomic mass is 10.2. The summed E-state index contributed by atoms with van der Waals surface area (Å²) >= 11 is 0. The van der Waals surface area contributed by atoms with Crippen LogP contribution < -0.4 is 10.6 Å². The van der Waals surface area contributed by atoms with Gasteiger partial charge in [-0.3, -0.25) is 14.9 Å². The van der Waals surface area contributed by atoms with Gasteiger partial charge in [0.2, 0.25) is 11.8 Å². The molecule has 0 radical (unpaired) electrons. The third-order valence-corrected chi connectivity index (χ3v) is 2.54. The van der Waals surface area contributed by atoms with Crippen molar-refractivity contribution in [3.05, 3.63) is 29.8 Å². The summed E-state index contributed by atoms with van der Waals surface area (Å²) in [6, 6.07) is 6.80. The zero-order valence-corrected chi connectivity index (χ0v) is 9.90. The minimum Gasteiger partial charge on any atom is -0.308 e. The molecule has 0 unspecified atom stereocenters. The largest absolute Gasteiger partial charge is 0.322 e. The molecule has 94 valence electrons. The molecule has 1 fully saturated rings. The lowest BCUT2D eigenvalue weighted by Crippen LogP contribution is -2.54. The summed E-state index contributed by atoms with van der Waals surface area (Å²) in [6.07, 6.45) is 0. The van der Waals surface area contributed by atoms with E-state index in [0.717, 1.165) is 5.56 Å². The Morgan fingerprint density at radius 1 is 1.17 bits per heavy atom. The van der Waals surface area contributed by atoms with Crippen LogP contribution in [0.5, 0.6) is 0 Å². The quantitative estimate of drug-likeness (QED) is 0.709. The van der Waals surface area contributed by atoms with Crippen LogP contribution in [0.4, 0.5) is 10.5 Å². The molecule has 0 spiro atoms. The van der Waals surface area contributed by atoms with Crippen LogP contribution in [0.15, 0.2) is 24.3 Å². The Kier molecular flexibility index (Phi) is 3.27. The molecule has 1 aromatic rings. The Hall–Kier alpha value is -2.37. The summed E-state index contributed by atoms with van der Waals surface area (Å²) in [4.78, 5) is 35.3. The Morgan fingerprint density at radius 2 is 1.72 bits per heavy atom. The van der Waals surface area contributed by atoms with Crippen LogP contribution in [-0.4, -0.2) is 35.8 Å². The number of carbonyl (C=O) groups excluding carboxylic acids is 3. The molecule has 0 aliphatic carbocycles.